The summed E-state index contributed by atoms with van der Waals surface area (Å²) >= 11 is 1.51. The average molecular weight is 266 g/mol. The molecule has 0 fully saturated rings. The van der Waals surface area contributed by atoms with Gasteiger partial charge in [0.25, 0.3) is 0 Å². The Balaban J connectivity index is 2.16. The largest absolute Gasteiger partial charge is 0.494 e. The summed E-state index contributed by atoms with van der Waals surface area (Å²) in [5, 5.41) is 10.5. The Kier molecular flexibility index (Phi) is 3.82. The number of nitrogens with one attached hydrogen (secondary N) is 1. The first-order valence-corrected chi connectivity index (χ1v) is 6.94. The fourth-order valence-corrected chi connectivity index (χ4v) is 2.37. The van der Waals surface area contributed by atoms with E-state index in [0.29, 0.717) is 12.4 Å². The highest BCUT2D eigenvalue weighted by Crippen LogP contribution is 2.25. The second kappa shape index (κ2) is 5.20. The minimum atomic E-state index is -0.694. The predicted molar refractivity (Wildman–Crippen MR) is 74.3 cm³/mol. The molecule has 1 aromatic carbocycles. The van der Waals surface area contributed by atoms with Crippen molar-refractivity contribution in [3.8, 4) is 5.75 Å². The van der Waals surface area contributed by atoms with Crippen molar-refractivity contribution < 1.29 is 9.84 Å². The molecule has 98 valence electrons. The fourth-order valence-electron chi connectivity index (χ4n) is 1.54. The Hall–Kier alpha value is -1.20. The summed E-state index contributed by atoms with van der Waals surface area (Å²) in [6, 6.07) is 5.79. The van der Waals surface area contributed by atoms with Crippen molar-refractivity contribution in [2.24, 2.45) is 0 Å². The zero-order valence-corrected chi connectivity index (χ0v) is 11.7. The quantitative estimate of drug-likeness (QED) is 0.817. The number of benzene rings is 1. The van der Waals surface area contributed by atoms with E-state index in [2.05, 4.69) is 9.97 Å². The maximum Gasteiger partial charge on any atom is 0.166 e. The molecule has 2 N–H and O–H groups in total. The smallest absolute Gasteiger partial charge is 0.166 e. The summed E-state index contributed by atoms with van der Waals surface area (Å²) in [7, 11) is 0. The number of thioether (sulfide) groups is 1. The van der Waals surface area contributed by atoms with Crippen LogP contribution in [-0.2, 0) is 0 Å². The molecule has 0 atom stereocenters. The molecular formula is C13H18N2O2S. The van der Waals surface area contributed by atoms with E-state index in [4.69, 9.17) is 4.74 Å². The summed E-state index contributed by atoms with van der Waals surface area (Å²) in [4.78, 5) is 7.69. The van der Waals surface area contributed by atoms with E-state index in [-0.39, 0.29) is 0 Å². The molecule has 0 spiro atoms. The van der Waals surface area contributed by atoms with E-state index in [0.717, 1.165) is 21.9 Å². The average Bonchev–Trinajstić information content (AvgIpc) is 2.68. The standard InChI is InChI=1S/C13H18N2O2S/c1-4-17-9-5-6-10-11(7-9)15-12(14-10)18-8-13(2,3)16/h5-7,16H,4,8H2,1-3H3,(H,14,15). The number of aromatic amines is 1. The zero-order chi connectivity index (χ0) is 13.2. The topological polar surface area (TPSA) is 58.1 Å². The molecule has 0 aliphatic rings. The Morgan fingerprint density at radius 2 is 2.22 bits per heavy atom. The maximum atomic E-state index is 9.69. The molecule has 0 unspecified atom stereocenters. The van der Waals surface area contributed by atoms with Crippen LogP contribution >= 0.6 is 11.8 Å². The highest BCUT2D eigenvalue weighted by atomic mass is 32.2. The molecule has 2 rings (SSSR count). The number of aromatic nitrogens is 2. The van der Waals surface area contributed by atoms with Crippen LogP contribution < -0.4 is 4.74 Å². The van der Waals surface area contributed by atoms with Crippen LogP contribution in [-0.4, -0.2) is 33.0 Å². The molecular weight excluding hydrogens is 248 g/mol. The third kappa shape index (κ3) is 3.40. The van der Waals surface area contributed by atoms with Gasteiger partial charge in [-0.25, -0.2) is 4.98 Å². The lowest BCUT2D eigenvalue weighted by atomic mass is 10.2. The normalized spacial score (nSPS) is 12.0. The summed E-state index contributed by atoms with van der Waals surface area (Å²) in [6.45, 7) is 6.19. The van der Waals surface area contributed by atoms with E-state index in [1.165, 1.54) is 11.8 Å². The molecule has 0 saturated heterocycles. The third-order valence-corrected chi connectivity index (χ3v) is 3.62. The zero-order valence-electron chi connectivity index (χ0n) is 10.9. The second-order valence-electron chi connectivity index (χ2n) is 4.76. The molecule has 5 heteroatoms. The maximum absolute atomic E-state index is 9.69. The minimum Gasteiger partial charge on any atom is -0.494 e. The molecule has 0 saturated carbocycles. The van der Waals surface area contributed by atoms with Gasteiger partial charge in [-0.15, -0.1) is 0 Å². The fraction of sp³-hybridized carbons (Fsp3) is 0.462. The molecule has 0 aliphatic carbocycles. The Bertz CT molecular complexity index is 531. The van der Waals surface area contributed by atoms with Gasteiger partial charge >= 0.3 is 0 Å². The van der Waals surface area contributed by atoms with Crippen LogP contribution in [0.2, 0.25) is 0 Å². The number of imidazole rings is 1. The molecule has 0 radical (unpaired) electrons. The second-order valence-corrected chi connectivity index (χ2v) is 5.72. The molecule has 2 aromatic rings. The summed E-state index contributed by atoms with van der Waals surface area (Å²) in [6.07, 6.45) is 0. The Morgan fingerprint density at radius 1 is 1.44 bits per heavy atom. The van der Waals surface area contributed by atoms with Crippen LogP contribution in [0.15, 0.2) is 23.4 Å². The van der Waals surface area contributed by atoms with E-state index in [1.807, 2.05) is 25.1 Å². The third-order valence-electron chi connectivity index (χ3n) is 2.30. The molecule has 4 nitrogen and oxygen atoms in total. The number of rotatable bonds is 5. The van der Waals surface area contributed by atoms with E-state index in [1.54, 1.807) is 13.8 Å². The van der Waals surface area contributed by atoms with Gasteiger partial charge in [0, 0.05) is 11.8 Å². The van der Waals surface area contributed by atoms with Crippen molar-refractivity contribution in [2.75, 3.05) is 12.4 Å². The van der Waals surface area contributed by atoms with Gasteiger partial charge in [-0.2, -0.15) is 0 Å². The van der Waals surface area contributed by atoms with E-state index >= 15 is 0 Å². The predicted octanol–water partition coefficient (Wildman–Crippen LogP) is 2.82. The first-order chi connectivity index (χ1) is 8.48. The van der Waals surface area contributed by atoms with Gasteiger partial charge in [-0.05, 0) is 32.9 Å². The number of fused-ring (bicyclic) bond motifs is 1. The van der Waals surface area contributed by atoms with Crippen LogP contribution in [0.5, 0.6) is 5.75 Å². The van der Waals surface area contributed by atoms with Gasteiger partial charge in [0.1, 0.15) is 5.75 Å². The highest BCUT2D eigenvalue weighted by molar-refractivity contribution is 7.99. The van der Waals surface area contributed by atoms with Crippen LogP contribution in [0.25, 0.3) is 11.0 Å². The molecule has 0 aliphatic heterocycles. The van der Waals surface area contributed by atoms with Gasteiger partial charge < -0.3 is 14.8 Å². The molecule has 18 heavy (non-hydrogen) atoms. The van der Waals surface area contributed by atoms with E-state index < -0.39 is 5.60 Å². The lowest BCUT2D eigenvalue weighted by Gasteiger charge is -2.14. The summed E-state index contributed by atoms with van der Waals surface area (Å²) in [5.41, 5.74) is 1.18. The van der Waals surface area contributed by atoms with Gasteiger partial charge in [-0.1, -0.05) is 11.8 Å². The number of H-pyrrole nitrogens is 1. The van der Waals surface area contributed by atoms with Crippen molar-refractivity contribution in [3.63, 3.8) is 0 Å². The van der Waals surface area contributed by atoms with Crippen molar-refractivity contribution >= 4 is 22.8 Å². The van der Waals surface area contributed by atoms with Gasteiger partial charge in [0.2, 0.25) is 0 Å². The first kappa shape index (κ1) is 13.2. The monoisotopic (exact) mass is 266 g/mol. The van der Waals surface area contributed by atoms with Crippen LogP contribution in [0.1, 0.15) is 20.8 Å². The highest BCUT2D eigenvalue weighted by Gasteiger charge is 2.14. The first-order valence-electron chi connectivity index (χ1n) is 5.96. The van der Waals surface area contributed by atoms with Crippen molar-refractivity contribution in [1.82, 2.24) is 9.97 Å². The van der Waals surface area contributed by atoms with E-state index in [9.17, 15) is 5.11 Å². The Labute approximate surface area is 111 Å². The molecule has 0 bridgehead atoms. The Morgan fingerprint density at radius 3 is 2.89 bits per heavy atom. The van der Waals surface area contributed by atoms with Crippen molar-refractivity contribution in [3.05, 3.63) is 18.2 Å². The van der Waals surface area contributed by atoms with Crippen LogP contribution in [0, 0.1) is 0 Å². The molecule has 1 heterocycles. The number of aliphatic hydroxyl groups is 1. The van der Waals surface area contributed by atoms with Crippen molar-refractivity contribution in [1.29, 1.82) is 0 Å². The lowest BCUT2D eigenvalue weighted by Crippen LogP contribution is -2.21. The SMILES string of the molecule is CCOc1ccc2nc(SCC(C)(C)O)[nH]c2c1. The summed E-state index contributed by atoms with van der Waals surface area (Å²) < 4.78 is 5.44. The van der Waals surface area contributed by atoms with Gasteiger partial charge in [0.05, 0.1) is 23.2 Å². The number of ether oxygens (including phenoxy) is 1. The van der Waals surface area contributed by atoms with Gasteiger partial charge in [0.15, 0.2) is 5.16 Å². The van der Waals surface area contributed by atoms with Gasteiger partial charge in [-0.3, -0.25) is 0 Å². The van der Waals surface area contributed by atoms with Crippen LogP contribution in [0.4, 0.5) is 0 Å². The minimum absolute atomic E-state index is 0.602. The molecule has 1 aromatic heterocycles. The summed E-state index contributed by atoms with van der Waals surface area (Å²) in [5.74, 6) is 1.44. The number of hydrogen-bond acceptors (Lipinski definition) is 4. The number of hydrogen-bond donors (Lipinski definition) is 2. The molecule has 0 amide bonds. The number of nitrogens with zero attached hydrogens (tertiary/aromatic N) is 1. The lowest BCUT2D eigenvalue weighted by molar-refractivity contribution is 0.107. The van der Waals surface area contributed by atoms with Crippen molar-refractivity contribution in [2.45, 2.75) is 31.5 Å². The van der Waals surface area contributed by atoms with Crippen LogP contribution in [0.3, 0.4) is 0 Å².